The summed E-state index contributed by atoms with van der Waals surface area (Å²) < 4.78 is 11.2. The van der Waals surface area contributed by atoms with E-state index in [0.717, 1.165) is 52.0 Å². The number of likely N-dealkylation sites (tertiary alicyclic amines) is 1. The predicted molar refractivity (Wildman–Crippen MR) is 86.5 cm³/mol. The molecule has 0 bridgehead atoms. The minimum absolute atomic E-state index is 0.115. The molecule has 126 valence electrons. The Balaban J connectivity index is 1.43. The standard InChI is InChI=1S/C18H25NO4/c20-15-2-1-3-17(13-15)23-16-4-8-19(9-5-16)18(21)12-14-6-10-22-11-7-14/h1-3,13-14,16,20H,4-12H2. The first kappa shape index (κ1) is 16.1. The van der Waals surface area contributed by atoms with Crippen molar-refractivity contribution in [2.75, 3.05) is 26.3 Å². The minimum atomic E-state index is 0.115. The average molecular weight is 319 g/mol. The third-order valence-corrected chi connectivity index (χ3v) is 4.72. The van der Waals surface area contributed by atoms with Gasteiger partial charge in [0.2, 0.25) is 5.91 Å². The van der Waals surface area contributed by atoms with Gasteiger partial charge in [-0.1, -0.05) is 6.07 Å². The Hall–Kier alpha value is -1.75. The number of phenolic OH excluding ortho intramolecular Hbond substituents is 1. The number of hydrogen-bond acceptors (Lipinski definition) is 4. The van der Waals surface area contributed by atoms with Crippen molar-refractivity contribution >= 4 is 5.91 Å². The van der Waals surface area contributed by atoms with Gasteiger partial charge in [0, 0.05) is 51.6 Å². The third kappa shape index (κ3) is 4.61. The van der Waals surface area contributed by atoms with Crippen LogP contribution in [0.1, 0.15) is 32.1 Å². The van der Waals surface area contributed by atoms with E-state index in [1.165, 1.54) is 0 Å². The van der Waals surface area contributed by atoms with Crippen LogP contribution < -0.4 is 4.74 Å². The molecular weight excluding hydrogens is 294 g/mol. The maximum absolute atomic E-state index is 12.4. The molecule has 0 spiro atoms. The number of nitrogens with zero attached hydrogens (tertiary/aromatic N) is 1. The zero-order valence-electron chi connectivity index (χ0n) is 13.4. The van der Waals surface area contributed by atoms with Gasteiger partial charge in [-0.2, -0.15) is 0 Å². The third-order valence-electron chi connectivity index (χ3n) is 4.72. The molecule has 0 radical (unpaired) electrons. The highest BCUT2D eigenvalue weighted by atomic mass is 16.5. The SMILES string of the molecule is O=C(CC1CCOCC1)N1CCC(Oc2cccc(O)c2)CC1. The predicted octanol–water partition coefficient (Wildman–Crippen LogP) is 2.58. The van der Waals surface area contributed by atoms with Crippen molar-refractivity contribution in [3.8, 4) is 11.5 Å². The summed E-state index contributed by atoms with van der Waals surface area (Å²) in [6, 6.07) is 6.88. The number of benzene rings is 1. The zero-order chi connectivity index (χ0) is 16.1. The van der Waals surface area contributed by atoms with Gasteiger partial charge in [0.25, 0.3) is 0 Å². The van der Waals surface area contributed by atoms with E-state index in [2.05, 4.69) is 0 Å². The maximum Gasteiger partial charge on any atom is 0.222 e. The molecule has 1 aromatic rings. The van der Waals surface area contributed by atoms with E-state index in [9.17, 15) is 9.90 Å². The lowest BCUT2D eigenvalue weighted by atomic mass is 9.95. The summed E-state index contributed by atoms with van der Waals surface area (Å²) >= 11 is 0. The molecule has 0 unspecified atom stereocenters. The van der Waals surface area contributed by atoms with Crippen molar-refractivity contribution in [3.05, 3.63) is 24.3 Å². The van der Waals surface area contributed by atoms with Gasteiger partial charge in [0.15, 0.2) is 0 Å². The first-order valence-electron chi connectivity index (χ1n) is 8.52. The first-order valence-corrected chi connectivity index (χ1v) is 8.52. The van der Waals surface area contributed by atoms with Crippen LogP contribution in [0, 0.1) is 5.92 Å². The average Bonchev–Trinajstić information content (AvgIpc) is 2.56. The largest absolute Gasteiger partial charge is 0.508 e. The monoisotopic (exact) mass is 319 g/mol. The van der Waals surface area contributed by atoms with Crippen LogP contribution in [0.25, 0.3) is 0 Å². The minimum Gasteiger partial charge on any atom is -0.508 e. The Labute approximate surface area is 137 Å². The molecule has 5 heteroatoms. The fraction of sp³-hybridized carbons (Fsp3) is 0.611. The van der Waals surface area contributed by atoms with Crippen LogP contribution in [-0.2, 0) is 9.53 Å². The van der Waals surface area contributed by atoms with Crippen molar-refractivity contribution in [2.24, 2.45) is 5.92 Å². The van der Waals surface area contributed by atoms with Crippen molar-refractivity contribution in [2.45, 2.75) is 38.2 Å². The topological polar surface area (TPSA) is 59.0 Å². The van der Waals surface area contributed by atoms with E-state index in [0.29, 0.717) is 18.1 Å². The van der Waals surface area contributed by atoms with Gasteiger partial charge in [-0.3, -0.25) is 4.79 Å². The Morgan fingerprint density at radius 2 is 1.96 bits per heavy atom. The molecule has 0 aromatic heterocycles. The van der Waals surface area contributed by atoms with E-state index < -0.39 is 0 Å². The normalized spacial score (nSPS) is 20.4. The van der Waals surface area contributed by atoms with E-state index in [4.69, 9.17) is 9.47 Å². The molecular formula is C18H25NO4. The Kier molecular flexibility index (Phi) is 5.39. The van der Waals surface area contributed by atoms with E-state index in [1.54, 1.807) is 18.2 Å². The number of piperidine rings is 1. The van der Waals surface area contributed by atoms with Gasteiger partial charge in [-0.15, -0.1) is 0 Å². The summed E-state index contributed by atoms with van der Waals surface area (Å²) in [5, 5.41) is 9.47. The Morgan fingerprint density at radius 3 is 2.65 bits per heavy atom. The van der Waals surface area contributed by atoms with Crippen LogP contribution in [0.15, 0.2) is 24.3 Å². The van der Waals surface area contributed by atoms with E-state index in [1.807, 2.05) is 11.0 Å². The number of aromatic hydroxyl groups is 1. The van der Waals surface area contributed by atoms with E-state index >= 15 is 0 Å². The second kappa shape index (κ2) is 7.68. The van der Waals surface area contributed by atoms with Crippen LogP contribution in [0.5, 0.6) is 11.5 Å². The number of phenols is 1. The molecule has 23 heavy (non-hydrogen) atoms. The lowest BCUT2D eigenvalue weighted by Crippen LogP contribution is -2.42. The van der Waals surface area contributed by atoms with Gasteiger partial charge in [-0.05, 0) is 30.9 Å². The summed E-state index contributed by atoms with van der Waals surface area (Å²) in [4.78, 5) is 14.4. The highest BCUT2D eigenvalue weighted by molar-refractivity contribution is 5.76. The van der Waals surface area contributed by atoms with Crippen LogP contribution in [0.4, 0.5) is 0 Å². The number of amides is 1. The zero-order valence-corrected chi connectivity index (χ0v) is 13.4. The molecule has 0 saturated carbocycles. The Bertz CT molecular complexity index is 520. The van der Waals surface area contributed by atoms with Gasteiger partial charge in [0.05, 0.1) is 0 Å². The van der Waals surface area contributed by atoms with Gasteiger partial charge < -0.3 is 19.5 Å². The molecule has 0 aliphatic carbocycles. The lowest BCUT2D eigenvalue weighted by Gasteiger charge is -2.33. The fourth-order valence-electron chi connectivity index (χ4n) is 3.30. The number of ether oxygens (including phenoxy) is 2. The van der Waals surface area contributed by atoms with Gasteiger partial charge in [-0.25, -0.2) is 0 Å². The van der Waals surface area contributed by atoms with Crippen LogP contribution in [0.2, 0.25) is 0 Å². The molecule has 3 rings (SSSR count). The summed E-state index contributed by atoms with van der Waals surface area (Å²) in [7, 11) is 0. The fourth-order valence-corrected chi connectivity index (χ4v) is 3.30. The molecule has 2 fully saturated rings. The highest BCUT2D eigenvalue weighted by Gasteiger charge is 2.26. The molecule has 1 amide bonds. The highest BCUT2D eigenvalue weighted by Crippen LogP contribution is 2.24. The smallest absolute Gasteiger partial charge is 0.222 e. The molecule has 1 N–H and O–H groups in total. The molecule has 1 aromatic carbocycles. The second-order valence-electron chi connectivity index (χ2n) is 6.46. The van der Waals surface area contributed by atoms with Crippen LogP contribution in [-0.4, -0.2) is 48.3 Å². The van der Waals surface area contributed by atoms with Crippen molar-refractivity contribution in [3.63, 3.8) is 0 Å². The van der Waals surface area contributed by atoms with Gasteiger partial charge >= 0.3 is 0 Å². The summed E-state index contributed by atoms with van der Waals surface area (Å²) in [5.41, 5.74) is 0. The number of carbonyl (C=O) groups excluding carboxylic acids is 1. The van der Waals surface area contributed by atoms with Gasteiger partial charge in [0.1, 0.15) is 17.6 Å². The summed E-state index contributed by atoms with van der Waals surface area (Å²) in [5.74, 6) is 1.66. The molecule has 0 atom stereocenters. The number of hydrogen-bond donors (Lipinski definition) is 1. The summed E-state index contributed by atoms with van der Waals surface area (Å²) in [6.45, 7) is 3.09. The van der Waals surface area contributed by atoms with Crippen molar-refractivity contribution in [1.29, 1.82) is 0 Å². The number of carbonyl (C=O) groups is 1. The lowest BCUT2D eigenvalue weighted by molar-refractivity contribution is -0.134. The molecule has 5 nitrogen and oxygen atoms in total. The first-order chi connectivity index (χ1) is 11.2. The number of rotatable bonds is 4. The second-order valence-corrected chi connectivity index (χ2v) is 6.46. The summed E-state index contributed by atoms with van der Waals surface area (Å²) in [6.07, 6.45) is 4.46. The van der Waals surface area contributed by atoms with Crippen molar-refractivity contribution in [1.82, 2.24) is 4.90 Å². The van der Waals surface area contributed by atoms with Crippen LogP contribution >= 0.6 is 0 Å². The molecule has 2 aliphatic heterocycles. The molecule has 2 aliphatic rings. The maximum atomic E-state index is 12.4. The quantitative estimate of drug-likeness (QED) is 0.927. The van der Waals surface area contributed by atoms with Crippen molar-refractivity contribution < 1.29 is 19.4 Å². The van der Waals surface area contributed by atoms with Crippen LogP contribution in [0.3, 0.4) is 0 Å². The molecule has 2 heterocycles. The molecule has 2 saturated heterocycles. The Morgan fingerprint density at radius 1 is 1.22 bits per heavy atom. The van der Waals surface area contributed by atoms with E-state index in [-0.39, 0.29) is 17.8 Å².